The van der Waals surface area contributed by atoms with Gasteiger partial charge in [0.1, 0.15) is 11.6 Å². The minimum Gasteiger partial charge on any atom is -0.476 e. The maximum atomic E-state index is 13.0. The molecule has 0 spiro atoms. The first-order chi connectivity index (χ1) is 7.58. The van der Waals surface area contributed by atoms with E-state index in [-0.39, 0.29) is 11.5 Å². The van der Waals surface area contributed by atoms with Gasteiger partial charge in [-0.05, 0) is 25.1 Å². The van der Waals surface area contributed by atoms with Gasteiger partial charge in [0.2, 0.25) is 0 Å². The van der Waals surface area contributed by atoms with Crippen molar-refractivity contribution < 1.29 is 14.3 Å². The molecule has 0 amide bonds. The van der Waals surface area contributed by atoms with Crippen molar-refractivity contribution in [2.75, 3.05) is 0 Å². The third-order valence-corrected chi connectivity index (χ3v) is 2.19. The van der Waals surface area contributed by atoms with Crippen molar-refractivity contribution in [3.8, 4) is 5.69 Å². The molecule has 0 atom stereocenters. The summed E-state index contributed by atoms with van der Waals surface area (Å²) in [5, 5.41) is 8.77. The zero-order valence-corrected chi connectivity index (χ0v) is 8.51. The highest BCUT2D eigenvalue weighted by Crippen LogP contribution is 2.13. The van der Waals surface area contributed by atoms with Crippen molar-refractivity contribution in [3.05, 3.63) is 47.8 Å². The van der Waals surface area contributed by atoms with Crippen LogP contribution in [0.3, 0.4) is 0 Å². The van der Waals surface area contributed by atoms with Gasteiger partial charge < -0.3 is 9.67 Å². The lowest BCUT2D eigenvalue weighted by atomic mass is 10.3. The van der Waals surface area contributed by atoms with Crippen molar-refractivity contribution in [1.82, 2.24) is 9.55 Å². The van der Waals surface area contributed by atoms with Crippen LogP contribution >= 0.6 is 0 Å². The second-order valence-electron chi connectivity index (χ2n) is 3.33. The summed E-state index contributed by atoms with van der Waals surface area (Å²) in [6.07, 6.45) is 1.37. The molecule has 1 heterocycles. The summed E-state index contributed by atoms with van der Waals surface area (Å²) in [5.74, 6) is -0.969. The molecule has 4 nitrogen and oxygen atoms in total. The number of carboxylic acid groups (broad SMARTS) is 1. The molecule has 1 N–H and O–H groups in total. The van der Waals surface area contributed by atoms with Gasteiger partial charge in [-0.2, -0.15) is 0 Å². The Morgan fingerprint density at radius 3 is 2.81 bits per heavy atom. The topological polar surface area (TPSA) is 55.1 Å². The van der Waals surface area contributed by atoms with Crippen LogP contribution < -0.4 is 0 Å². The number of rotatable bonds is 2. The SMILES string of the molecule is Cc1nc(C(=O)O)cn1-c1cccc(F)c1. The molecule has 0 aliphatic rings. The summed E-state index contributed by atoms with van der Waals surface area (Å²) in [6, 6.07) is 5.89. The van der Waals surface area contributed by atoms with Gasteiger partial charge in [0.05, 0.1) is 0 Å². The second kappa shape index (κ2) is 3.77. The Kier molecular flexibility index (Phi) is 2.44. The van der Waals surface area contributed by atoms with Crippen LogP contribution in [0.15, 0.2) is 30.5 Å². The van der Waals surface area contributed by atoms with Gasteiger partial charge in [-0.3, -0.25) is 0 Å². The third-order valence-electron chi connectivity index (χ3n) is 2.19. The molecule has 0 saturated heterocycles. The number of aryl methyl sites for hydroxylation is 1. The average molecular weight is 220 g/mol. The fraction of sp³-hybridized carbons (Fsp3) is 0.0909. The number of carboxylic acids is 1. The summed E-state index contributed by atoms with van der Waals surface area (Å²) >= 11 is 0. The highest BCUT2D eigenvalue weighted by atomic mass is 19.1. The number of hydrogen-bond donors (Lipinski definition) is 1. The van der Waals surface area contributed by atoms with Gasteiger partial charge in [-0.25, -0.2) is 14.2 Å². The third kappa shape index (κ3) is 1.79. The minimum atomic E-state index is -1.10. The number of aromatic nitrogens is 2. The average Bonchev–Trinajstić information content (AvgIpc) is 2.60. The van der Waals surface area contributed by atoms with Crippen molar-refractivity contribution in [3.63, 3.8) is 0 Å². The first kappa shape index (κ1) is 10.4. The van der Waals surface area contributed by atoms with Gasteiger partial charge in [0, 0.05) is 11.9 Å². The highest BCUT2D eigenvalue weighted by Gasteiger charge is 2.11. The molecule has 82 valence electrons. The Bertz CT molecular complexity index is 549. The predicted molar refractivity (Wildman–Crippen MR) is 55.2 cm³/mol. The Morgan fingerprint density at radius 1 is 1.50 bits per heavy atom. The van der Waals surface area contributed by atoms with Gasteiger partial charge in [0.15, 0.2) is 5.69 Å². The number of aromatic carboxylic acids is 1. The van der Waals surface area contributed by atoms with Crippen LogP contribution in [0.5, 0.6) is 0 Å². The van der Waals surface area contributed by atoms with Crippen LogP contribution in [0, 0.1) is 12.7 Å². The number of benzene rings is 1. The lowest BCUT2D eigenvalue weighted by Crippen LogP contribution is -1.96. The fourth-order valence-electron chi connectivity index (χ4n) is 1.46. The Morgan fingerprint density at radius 2 is 2.25 bits per heavy atom. The lowest BCUT2D eigenvalue weighted by molar-refractivity contribution is 0.0691. The molecule has 0 aliphatic carbocycles. The van der Waals surface area contributed by atoms with Crippen molar-refractivity contribution in [1.29, 1.82) is 0 Å². The Labute approximate surface area is 91.0 Å². The zero-order chi connectivity index (χ0) is 11.7. The Hall–Kier alpha value is -2.17. The van der Waals surface area contributed by atoms with Crippen LogP contribution in [0.25, 0.3) is 5.69 Å². The molecule has 16 heavy (non-hydrogen) atoms. The molecule has 0 unspecified atom stereocenters. The number of nitrogens with zero attached hydrogens (tertiary/aromatic N) is 2. The van der Waals surface area contributed by atoms with E-state index in [1.54, 1.807) is 19.1 Å². The summed E-state index contributed by atoms with van der Waals surface area (Å²) in [6.45, 7) is 1.66. The van der Waals surface area contributed by atoms with E-state index in [9.17, 15) is 9.18 Å². The molecule has 0 saturated carbocycles. The van der Waals surface area contributed by atoms with E-state index in [0.717, 1.165) is 0 Å². The lowest BCUT2D eigenvalue weighted by Gasteiger charge is -2.03. The first-order valence-corrected chi connectivity index (χ1v) is 4.63. The van der Waals surface area contributed by atoms with E-state index in [1.807, 2.05) is 0 Å². The van der Waals surface area contributed by atoms with Crippen LogP contribution in [0.2, 0.25) is 0 Å². The number of hydrogen-bond acceptors (Lipinski definition) is 2. The van der Waals surface area contributed by atoms with Gasteiger partial charge in [-0.15, -0.1) is 0 Å². The Balaban J connectivity index is 2.52. The van der Waals surface area contributed by atoms with E-state index in [4.69, 9.17) is 5.11 Å². The van der Waals surface area contributed by atoms with E-state index >= 15 is 0 Å². The molecular formula is C11H9FN2O2. The van der Waals surface area contributed by atoms with Crippen LogP contribution in [0.4, 0.5) is 4.39 Å². The summed E-state index contributed by atoms with van der Waals surface area (Å²) in [5.41, 5.74) is 0.499. The van der Waals surface area contributed by atoms with Gasteiger partial charge in [0.25, 0.3) is 0 Å². The normalized spacial score (nSPS) is 10.4. The van der Waals surface area contributed by atoms with Crippen molar-refractivity contribution in [2.24, 2.45) is 0 Å². The van der Waals surface area contributed by atoms with Gasteiger partial charge >= 0.3 is 5.97 Å². The highest BCUT2D eigenvalue weighted by molar-refractivity contribution is 5.85. The summed E-state index contributed by atoms with van der Waals surface area (Å²) in [7, 11) is 0. The molecule has 2 aromatic rings. The second-order valence-corrected chi connectivity index (χ2v) is 3.33. The summed E-state index contributed by atoms with van der Waals surface area (Å²) in [4.78, 5) is 14.6. The number of imidazole rings is 1. The minimum absolute atomic E-state index is 0.0539. The van der Waals surface area contributed by atoms with Crippen molar-refractivity contribution >= 4 is 5.97 Å². The van der Waals surface area contributed by atoms with Gasteiger partial charge in [-0.1, -0.05) is 6.07 Å². The van der Waals surface area contributed by atoms with Crippen LogP contribution in [-0.2, 0) is 0 Å². The first-order valence-electron chi connectivity index (χ1n) is 4.63. The maximum absolute atomic E-state index is 13.0. The molecule has 0 bridgehead atoms. The van der Waals surface area contributed by atoms with Crippen LogP contribution in [-0.4, -0.2) is 20.6 Å². The van der Waals surface area contributed by atoms with Crippen molar-refractivity contribution in [2.45, 2.75) is 6.92 Å². The molecule has 1 aromatic heterocycles. The van der Waals surface area contributed by atoms with Crippen LogP contribution in [0.1, 0.15) is 16.3 Å². The number of halogens is 1. The maximum Gasteiger partial charge on any atom is 0.356 e. The monoisotopic (exact) mass is 220 g/mol. The molecule has 0 aliphatic heterocycles. The zero-order valence-electron chi connectivity index (χ0n) is 8.51. The number of carbonyl (C=O) groups is 1. The predicted octanol–water partition coefficient (Wildman–Crippen LogP) is 2.02. The molecule has 5 heteroatoms. The van der Waals surface area contributed by atoms with E-state index in [1.165, 1.54) is 22.9 Å². The smallest absolute Gasteiger partial charge is 0.356 e. The molecule has 1 aromatic carbocycles. The molecule has 0 fully saturated rings. The quantitative estimate of drug-likeness (QED) is 0.842. The standard InChI is InChI=1S/C11H9FN2O2/c1-7-13-10(11(15)16)6-14(7)9-4-2-3-8(12)5-9/h2-6H,1H3,(H,15,16). The van der Waals surface area contributed by atoms with E-state index in [0.29, 0.717) is 11.5 Å². The fourth-order valence-corrected chi connectivity index (χ4v) is 1.46. The molecular weight excluding hydrogens is 211 g/mol. The largest absolute Gasteiger partial charge is 0.476 e. The molecule has 2 rings (SSSR count). The summed E-state index contributed by atoms with van der Waals surface area (Å²) < 4.78 is 14.5. The van der Waals surface area contributed by atoms with E-state index in [2.05, 4.69) is 4.98 Å². The van der Waals surface area contributed by atoms with E-state index < -0.39 is 5.97 Å². The molecule has 0 radical (unpaired) electrons.